The number of nitrogens with zero attached hydrogens (tertiary/aromatic N) is 1. The summed E-state index contributed by atoms with van der Waals surface area (Å²) in [5.41, 5.74) is 0. The second-order valence-corrected chi connectivity index (χ2v) is 5.29. The molecule has 0 saturated carbocycles. The molecule has 2 aliphatic heterocycles. The zero-order chi connectivity index (χ0) is 11.2. The Morgan fingerprint density at radius 1 is 1.38 bits per heavy atom. The van der Waals surface area contributed by atoms with E-state index in [1.165, 1.54) is 58.3 Å². The van der Waals surface area contributed by atoms with Crippen molar-refractivity contribution in [1.82, 2.24) is 10.2 Å². The summed E-state index contributed by atoms with van der Waals surface area (Å²) in [7, 11) is 2.06. The number of ether oxygens (including phenoxy) is 1. The van der Waals surface area contributed by atoms with Gasteiger partial charge in [0.1, 0.15) is 0 Å². The van der Waals surface area contributed by atoms with Crippen LogP contribution in [-0.4, -0.2) is 50.8 Å². The maximum Gasteiger partial charge on any atom is 0.0576 e. The van der Waals surface area contributed by atoms with Gasteiger partial charge in [-0.15, -0.1) is 0 Å². The van der Waals surface area contributed by atoms with Crippen LogP contribution in [0, 0.1) is 5.92 Å². The zero-order valence-corrected chi connectivity index (χ0v) is 10.6. The Morgan fingerprint density at radius 3 is 3.06 bits per heavy atom. The van der Waals surface area contributed by atoms with E-state index in [1.54, 1.807) is 0 Å². The molecule has 0 aromatic heterocycles. The van der Waals surface area contributed by atoms with Crippen LogP contribution in [0.5, 0.6) is 0 Å². The molecular formula is C13H26N2O. The van der Waals surface area contributed by atoms with E-state index < -0.39 is 0 Å². The number of likely N-dealkylation sites (tertiary alicyclic amines) is 1. The third-order valence-corrected chi connectivity index (χ3v) is 3.89. The van der Waals surface area contributed by atoms with Gasteiger partial charge in [0.25, 0.3) is 0 Å². The van der Waals surface area contributed by atoms with Crippen LogP contribution < -0.4 is 5.32 Å². The molecular weight excluding hydrogens is 200 g/mol. The Morgan fingerprint density at radius 2 is 2.31 bits per heavy atom. The van der Waals surface area contributed by atoms with Gasteiger partial charge in [-0.1, -0.05) is 0 Å². The van der Waals surface area contributed by atoms with Crippen molar-refractivity contribution in [1.29, 1.82) is 0 Å². The first-order valence-corrected chi connectivity index (χ1v) is 6.87. The minimum atomic E-state index is 0.579. The van der Waals surface area contributed by atoms with Gasteiger partial charge in [-0.25, -0.2) is 0 Å². The maximum absolute atomic E-state index is 5.65. The topological polar surface area (TPSA) is 24.5 Å². The van der Waals surface area contributed by atoms with Crippen LogP contribution in [0.2, 0.25) is 0 Å². The molecule has 3 heteroatoms. The van der Waals surface area contributed by atoms with Crippen molar-refractivity contribution in [3.8, 4) is 0 Å². The van der Waals surface area contributed by atoms with Crippen molar-refractivity contribution in [2.45, 2.75) is 38.2 Å². The van der Waals surface area contributed by atoms with Crippen molar-refractivity contribution in [3.63, 3.8) is 0 Å². The molecule has 2 heterocycles. The molecule has 16 heavy (non-hydrogen) atoms. The molecule has 1 N–H and O–H groups in total. The van der Waals surface area contributed by atoms with E-state index in [9.17, 15) is 0 Å². The lowest BCUT2D eigenvalue weighted by Gasteiger charge is -2.17. The van der Waals surface area contributed by atoms with Crippen LogP contribution in [0.4, 0.5) is 0 Å². The van der Waals surface area contributed by atoms with Gasteiger partial charge < -0.3 is 15.0 Å². The quantitative estimate of drug-likeness (QED) is 0.742. The monoisotopic (exact) mass is 226 g/mol. The lowest BCUT2D eigenvalue weighted by Crippen LogP contribution is -2.26. The largest absolute Gasteiger partial charge is 0.378 e. The van der Waals surface area contributed by atoms with E-state index in [2.05, 4.69) is 17.3 Å². The second kappa shape index (κ2) is 6.58. The first kappa shape index (κ1) is 12.3. The number of rotatable bonds is 6. The van der Waals surface area contributed by atoms with Crippen molar-refractivity contribution in [3.05, 3.63) is 0 Å². The molecule has 2 atom stereocenters. The predicted octanol–water partition coefficient (Wildman–Crippen LogP) is 1.49. The normalized spacial score (nSPS) is 31.3. The van der Waals surface area contributed by atoms with Gasteiger partial charge in [0.2, 0.25) is 0 Å². The lowest BCUT2D eigenvalue weighted by molar-refractivity contribution is 0.0995. The van der Waals surface area contributed by atoms with Gasteiger partial charge in [0, 0.05) is 13.2 Å². The highest BCUT2D eigenvalue weighted by molar-refractivity contribution is 4.77. The van der Waals surface area contributed by atoms with Crippen LogP contribution in [-0.2, 0) is 4.74 Å². The summed E-state index contributed by atoms with van der Waals surface area (Å²) in [5, 5.41) is 3.28. The van der Waals surface area contributed by atoms with Crippen molar-refractivity contribution >= 4 is 0 Å². The minimum absolute atomic E-state index is 0.579. The number of hydrogen-bond donors (Lipinski definition) is 1. The average molecular weight is 226 g/mol. The summed E-state index contributed by atoms with van der Waals surface area (Å²) >= 11 is 0. The van der Waals surface area contributed by atoms with Crippen LogP contribution in [0.15, 0.2) is 0 Å². The first-order chi connectivity index (χ1) is 7.88. The molecule has 2 saturated heterocycles. The highest BCUT2D eigenvalue weighted by atomic mass is 16.5. The molecule has 2 unspecified atom stereocenters. The van der Waals surface area contributed by atoms with Crippen LogP contribution in [0.3, 0.4) is 0 Å². The summed E-state index contributed by atoms with van der Waals surface area (Å²) in [6.07, 6.45) is 7.11. The van der Waals surface area contributed by atoms with Gasteiger partial charge in [-0.3, -0.25) is 0 Å². The van der Waals surface area contributed by atoms with E-state index >= 15 is 0 Å². The average Bonchev–Trinajstić information content (AvgIpc) is 2.90. The van der Waals surface area contributed by atoms with E-state index in [1.807, 2.05) is 0 Å². The molecule has 0 spiro atoms. The minimum Gasteiger partial charge on any atom is -0.378 e. The highest BCUT2D eigenvalue weighted by Crippen LogP contribution is 2.19. The Kier molecular flexibility index (Phi) is 5.07. The Balaban J connectivity index is 1.53. The van der Waals surface area contributed by atoms with Crippen LogP contribution in [0.1, 0.15) is 32.1 Å². The molecule has 0 aromatic rings. The van der Waals surface area contributed by atoms with Crippen molar-refractivity contribution in [2.75, 3.05) is 39.8 Å². The molecule has 2 aliphatic rings. The Bertz CT molecular complexity index is 192. The molecule has 94 valence electrons. The third-order valence-electron chi connectivity index (χ3n) is 3.89. The van der Waals surface area contributed by atoms with Gasteiger partial charge in [-0.05, 0) is 64.7 Å². The fraction of sp³-hybridized carbons (Fsp3) is 1.00. The van der Waals surface area contributed by atoms with Crippen molar-refractivity contribution < 1.29 is 4.74 Å². The maximum atomic E-state index is 5.65. The number of hydrogen-bond acceptors (Lipinski definition) is 3. The summed E-state index contributed by atoms with van der Waals surface area (Å²) < 4.78 is 5.65. The van der Waals surface area contributed by atoms with E-state index in [0.717, 1.165) is 12.5 Å². The fourth-order valence-corrected chi connectivity index (χ4v) is 2.99. The first-order valence-electron chi connectivity index (χ1n) is 6.87. The summed E-state index contributed by atoms with van der Waals surface area (Å²) in [5.74, 6) is 0.882. The van der Waals surface area contributed by atoms with Crippen LogP contribution >= 0.6 is 0 Å². The molecule has 0 radical (unpaired) electrons. The smallest absolute Gasteiger partial charge is 0.0576 e. The Labute approximate surface area is 99.5 Å². The lowest BCUT2D eigenvalue weighted by atomic mass is 10.1. The summed E-state index contributed by atoms with van der Waals surface area (Å²) in [6, 6.07) is 0. The third kappa shape index (κ3) is 3.72. The number of nitrogens with one attached hydrogen (secondary N) is 1. The van der Waals surface area contributed by atoms with Crippen LogP contribution in [0.25, 0.3) is 0 Å². The molecule has 0 amide bonds. The zero-order valence-electron chi connectivity index (χ0n) is 10.6. The highest BCUT2D eigenvalue weighted by Gasteiger charge is 2.22. The molecule has 3 nitrogen and oxygen atoms in total. The summed E-state index contributed by atoms with van der Waals surface area (Å²) in [6.45, 7) is 6.06. The van der Waals surface area contributed by atoms with E-state index in [0.29, 0.717) is 6.10 Å². The summed E-state index contributed by atoms with van der Waals surface area (Å²) in [4.78, 5) is 2.62. The van der Waals surface area contributed by atoms with Gasteiger partial charge in [-0.2, -0.15) is 0 Å². The van der Waals surface area contributed by atoms with Gasteiger partial charge >= 0.3 is 0 Å². The predicted molar refractivity (Wildman–Crippen MR) is 66.7 cm³/mol. The van der Waals surface area contributed by atoms with E-state index in [4.69, 9.17) is 4.74 Å². The SMILES string of the molecule is CNCC1CCN(CCCC2CCCO2)C1. The van der Waals surface area contributed by atoms with Crippen molar-refractivity contribution in [2.24, 2.45) is 5.92 Å². The molecule has 0 aliphatic carbocycles. The van der Waals surface area contributed by atoms with Gasteiger partial charge in [0.05, 0.1) is 6.10 Å². The second-order valence-electron chi connectivity index (χ2n) is 5.29. The van der Waals surface area contributed by atoms with Gasteiger partial charge in [0.15, 0.2) is 0 Å². The standard InChI is InChI=1S/C13H26N2O/c1-14-10-12-6-8-15(11-12)7-2-4-13-5-3-9-16-13/h12-14H,2-11H2,1H3. The molecule has 2 rings (SSSR count). The molecule has 2 fully saturated rings. The molecule has 0 aromatic carbocycles. The Hall–Kier alpha value is -0.120. The molecule has 0 bridgehead atoms. The van der Waals surface area contributed by atoms with E-state index in [-0.39, 0.29) is 0 Å². The fourth-order valence-electron chi connectivity index (χ4n) is 2.99.